The fourth-order valence-corrected chi connectivity index (χ4v) is 4.75. The van der Waals surface area contributed by atoms with E-state index in [-0.39, 0.29) is 0 Å². The van der Waals surface area contributed by atoms with Crippen LogP contribution in [0.2, 0.25) is 0 Å². The molecule has 1 saturated carbocycles. The summed E-state index contributed by atoms with van der Waals surface area (Å²) in [6.45, 7) is 2.72. The topological polar surface area (TPSA) is 16.1 Å². The van der Waals surface area contributed by atoms with Crippen molar-refractivity contribution in [3.05, 3.63) is 42.1 Å². The molecule has 3 aliphatic heterocycles. The molecule has 96 valence electrons. The van der Waals surface area contributed by atoms with Crippen LogP contribution in [0.3, 0.4) is 0 Å². The van der Waals surface area contributed by atoms with Crippen LogP contribution >= 0.6 is 0 Å². The van der Waals surface area contributed by atoms with Crippen LogP contribution in [0.25, 0.3) is 10.9 Å². The fraction of sp³-hybridized carbons (Fsp3) is 0.471. The quantitative estimate of drug-likeness (QED) is 0.814. The first kappa shape index (κ1) is 10.4. The number of pyridine rings is 1. The SMILES string of the molecule is c1ccc2c(CC3C4C5CCN3CC54)ccnc2c1. The second-order valence-electron chi connectivity index (χ2n) is 6.45. The second-order valence-corrected chi connectivity index (χ2v) is 6.45. The van der Waals surface area contributed by atoms with Gasteiger partial charge in [-0.25, -0.2) is 0 Å². The van der Waals surface area contributed by atoms with Gasteiger partial charge in [0.1, 0.15) is 0 Å². The molecule has 1 aromatic heterocycles. The van der Waals surface area contributed by atoms with Crippen molar-refractivity contribution >= 4 is 10.9 Å². The van der Waals surface area contributed by atoms with Crippen LogP contribution < -0.4 is 0 Å². The number of fused-ring (bicyclic) bond motifs is 2. The van der Waals surface area contributed by atoms with Crippen LogP contribution in [0.15, 0.2) is 36.5 Å². The maximum absolute atomic E-state index is 4.48. The van der Waals surface area contributed by atoms with Gasteiger partial charge in [0, 0.05) is 24.2 Å². The first-order valence-electron chi connectivity index (χ1n) is 7.48. The number of hydrogen-bond donors (Lipinski definition) is 0. The molecule has 6 rings (SSSR count). The van der Waals surface area contributed by atoms with Crippen LogP contribution in [0, 0.1) is 17.8 Å². The van der Waals surface area contributed by atoms with Crippen LogP contribution in [0.4, 0.5) is 0 Å². The monoisotopic (exact) mass is 250 g/mol. The maximum atomic E-state index is 4.48. The molecule has 4 bridgehead atoms. The Hall–Kier alpha value is -1.41. The van der Waals surface area contributed by atoms with Gasteiger partial charge in [0.25, 0.3) is 0 Å². The van der Waals surface area contributed by atoms with Crippen LogP contribution in [-0.4, -0.2) is 29.0 Å². The van der Waals surface area contributed by atoms with Crippen molar-refractivity contribution in [1.29, 1.82) is 0 Å². The molecule has 0 N–H and O–H groups in total. The number of nitrogens with zero attached hydrogens (tertiary/aromatic N) is 2. The van der Waals surface area contributed by atoms with Crippen molar-refractivity contribution in [3.63, 3.8) is 0 Å². The summed E-state index contributed by atoms with van der Waals surface area (Å²) in [7, 11) is 0. The number of piperidine rings is 3. The molecule has 0 radical (unpaired) electrons. The highest BCUT2D eigenvalue weighted by molar-refractivity contribution is 5.81. The highest BCUT2D eigenvalue weighted by Gasteiger charge is 2.63. The van der Waals surface area contributed by atoms with Gasteiger partial charge in [-0.2, -0.15) is 0 Å². The Bertz CT molecular complexity index is 639. The Labute approximate surface area is 113 Å². The van der Waals surface area contributed by atoms with Crippen molar-refractivity contribution in [3.8, 4) is 0 Å². The summed E-state index contributed by atoms with van der Waals surface area (Å²) < 4.78 is 0. The van der Waals surface area contributed by atoms with E-state index in [1.807, 2.05) is 6.20 Å². The largest absolute Gasteiger partial charge is 0.299 e. The zero-order valence-corrected chi connectivity index (χ0v) is 11.0. The van der Waals surface area contributed by atoms with Gasteiger partial charge in [-0.1, -0.05) is 18.2 Å². The predicted octanol–water partition coefficient (Wildman–Crippen LogP) is 2.73. The molecule has 2 aromatic rings. The lowest BCUT2D eigenvalue weighted by Gasteiger charge is -2.34. The van der Waals surface area contributed by atoms with E-state index in [9.17, 15) is 0 Å². The highest BCUT2D eigenvalue weighted by atomic mass is 15.2. The minimum atomic E-state index is 0.814. The molecule has 19 heavy (non-hydrogen) atoms. The Morgan fingerprint density at radius 3 is 2.95 bits per heavy atom. The molecule has 4 heterocycles. The molecule has 2 heteroatoms. The maximum Gasteiger partial charge on any atom is 0.0704 e. The highest BCUT2D eigenvalue weighted by Crippen LogP contribution is 2.61. The molecule has 0 amide bonds. The van der Waals surface area contributed by atoms with Gasteiger partial charge in [0.15, 0.2) is 0 Å². The number of para-hydroxylation sites is 1. The Balaban J connectivity index is 1.53. The number of rotatable bonds is 2. The van der Waals surface area contributed by atoms with Crippen molar-refractivity contribution in [2.45, 2.75) is 18.9 Å². The normalized spacial score (nSPS) is 38.6. The van der Waals surface area contributed by atoms with E-state index in [0.717, 1.165) is 29.3 Å². The predicted molar refractivity (Wildman–Crippen MR) is 75.9 cm³/mol. The van der Waals surface area contributed by atoms with Gasteiger partial charge in [0.05, 0.1) is 5.52 Å². The van der Waals surface area contributed by atoms with E-state index < -0.39 is 0 Å². The third-order valence-corrected chi connectivity index (χ3v) is 5.67. The smallest absolute Gasteiger partial charge is 0.0704 e. The van der Waals surface area contributed by atoms with Gasteiger partial charge in [-0.3, -0.25) is 9.88 Å². The van der Waals surface area contributed by atoms with E-state index in [0.29, 0.717) is 0 Å². The molecule has 0 spiro atoms. The minimum Gasteiger partial charge on any atom is -0.299 e. The average molecular weight is 250 g/mol. The summed E-state index contributed by atoms with van der Waals surface area (Å²) in [5.74, 6) is 3.13. The van der Waals surface area contributed by atoms with Crippen molar-refractivity contribution in [2.75, 3.05) is 13.1 Å². The standard InChI is InChI=1S/C17H18N2/c1-2-4-15-12(3-1)11(5-7-18-15)9-16-17-13-6-8-19(16)10-14(13)17/h1-5,7,13-14,16-17H,6,8-10H2. The zero-order chi connectivity index (χ0) is 12.4. The van der Waals surface area contributed by atoms with E-state index in [2.05, 4.69) is 40.2 Å². The molecule has 4 fully saturated rings. The lowest BCUT2D eigenvalue weighted by Crippen LogP contribution is -2.41. The number of aromatic nitrogens is 1. The molecule has 1 aromatic carbocycles. The van der Waals surface area contributed by atoms with Crippen LogP contribution in [0.1, 0.15) is 12.0 Å². The summed E-state index contributed by atoms with van der Waals surface area (Å²) in [6.07, 6.45) is 4.66. The van der Waals surface area contributed by atoms with Gasteiger partial charge in [0.2, 0.25) is 0 Å². The lowest BCUT2D eigenvalue weighted by atomic mass is 9.94. The van der Waals surface area contributed by atoms with E-state index in [4.69, 9.17) is 0 Å². The number of hydrogen-bond acceptors (Lipinski definition) is 2. The molecule has 1 aliphatic carbocycles. The summed E-state index contributed by atoms with van der Waals surface area (Å²) >= 11 is 0. The zero-order valence-electron chi connectivity index (χ0n) is 11.0. The molecule has 5 atom stereocenters. The summed E-state index contributed by atoms with van der Waals surface area (Å²) in [5, 5.41) is 1.35. The molecule has 5 unspecified atom stereocenters. The second kappa shape index (κ2) is 3.57. The van der Waals surface area contributed by atoms with Crippen molar-refractivity contribution < 1.29 is 0 Å². The molecular weight excluding hydrogens is 232 g/mol. The first-order valence-corrected chi connectivity index (χ1v) is 7.48. The van der Waals surface area contributed by atoms with Gasteiger partial charge < -0.3 is 0 Å². The summed E-state index contributed by atoms with van der Waals surface area (Å²) in [4.78, 5) is 7.22. The fourth-order valence-electron chi connectivity index (χ4n) is 4.75. The van der Waals surface area contributed by atoms with E-state index in [1.165, 1.54) is 36.9 Å². The summed E-state index contributed by atoms with van der Waals surface area (Å²) in [6, 6.07) is 11.6. The minimum absolute atomic E-state index is 0.814. The third kappa shape index (κ3) is 1.38. The summed E-state index contributed by atoms with van der Waals surface area (Å²) in [5.41, 5.74) is 2.64. The Kier molecular flexibility index (Phi) is 1.95. The first-order chi connectivity index (χ1) is 9.42. The van der Waals surface area contributed by atoms with Crippen LogP contribution in [0.5, 0.6) is 0 Å². The third-order valence-electron chi connectivity index (χ3n) is 5.67. The molecule has 2 nitrogen and oxygen atoms in total. The van der Waals surface area contributed by atoms with E-state index >= 15 is 0 Å². The van der Waals surface area contributed by atoms with Crippen LogP contribution in [-0.2, 0) is 6.42 Å². The molecular formula is C17H18N2. The lowest BCUT2D eigenvalue weighted by molar-refractivity contribution is 0.149. The average Bonchev–Trinajstić information content (AvgIpc) is 3.10. The van der Waals surface area contributed by atoms with Gasteiger partial charge >= 0.3 is 0 Å². The van der Waals surface area contributed by atoms with Crippen molar-refractivity contribution in [2.24, 2.45) is 17.8 Å². The van der Waals surface area contributed by atoms with Gasteiger partial charge in [-0.15, -0.1) is 0 Å². The number of benzene rings is 1. The Morgan fingerprint density at radius 2 is 2.11 bits per heavy atom. The van der Waals surface area contributed by atoms with Gasteiger partial charge in [-0.05, 0) is 54.8 Å². The Morgan fingerprint density at radius 1 is 1.16 bits per heavy atom. The van der Waals surface area contributed by atoms with E-state index in [1.54, 1.807) is 0 Å². The molecule has 4 aliphatic rings. The van der Waals surface area contributed by atoms with Crippen molar-refractivity contribution in [1.82, 2.24) is 9.88 Å². The molecule has 3 saturated heterocycles.